The van der Waals surface area contributed by atoms with Gasteiger partial charge in [0.05, 0.1) is 11.5 Å². The number of hydrogen-bond acceptors (Lipinski definition) is 2. The van der Waals surface area contributed by atoms with E-state index in [2.05, 4.69) is 117 Å². The van der Waals surface area contributed by atoms with E-state index in [0.717, 1.165) is 35.1 Å². The molecule has 3 atom stereocenters. The lowest BCUT2D eigenvalue weighted by molar-refractivity contribution is 0.0874. The first-order valence-corrected chi connectivity index (χ1v) is 14.0. The lowest BCUT2D eigenvalue weighted by Crippen LogP contribution is -2.62. The Balaban J connectivity index is 1.71. The van der Waals surface area contributed by atoms with Gasteiger partial charge in [-0.2, -0.15) is 0 Å². The highest BCUT2D eigenvalue weighted by molar-refractivity contribution is 6.10. The molecule has 4 aromatic carbocycles. The minimum Gasteiger partial charge on any atom is -0.363 e. The van der Waals surface area contributed by atoms with Crippen LogP contribution >= 0.6 is 0 Å². The van der Waals surface area contributed by atoms with Crippen molar-refractivity contribution in [2.75, 3.05) is 11.9 Å². The highest BCUT2D eigenvalue weighted by Crippen LogP contribution is 2.62. The molecule has 0 N–H and O–H groups in total. The van der Waals surface area contributed by atoms with Crippen molar-refractivity contribution >= 4 is 22.6 Å². The zero-order chi connectivity index (χ0) is 27.0. The Labute approximate surface area is 232 Å². The Morgan fingerprint density at radius 1 is 0.769 bits per heavy atom. The maximum absolute atomic E-state index is 14.9. The summed E-state index contributed by atoms with van der Waals surface area (Å²) in [6.45, 7) is 4.64. The predicted octanol–water partition coefficient (Wildman–Crippen LogP) is 8.61. The quantitative estimate of drug-likeness (QED) is 0.243. The number of fused-ring (bicyclic) bond motifs is 1. The van der Waals surface area contributed by atoms with Crippen molar-refractivity contribution in [3.63, 3.8) is 0 Å². The number of hydrogen-bond donors (Lipinski definition) is 0. The Morgan fingerprint density at radius 3 is 1.97 bits per heavy atom. The molecule has 1 aliphatic heterocycles. The third-order valence-electron chi connectivity index (χ3n) is 9.02. The molecule has 39 heavy (non-hydrogen) atoms. The average Bonchev–Trinajstić information content (AvgIpc) is 3.17. The molecule has 0 unspecified atom stereocenters. The van der Waals surface area contributed by atoms with Crippen molar-refractivity contribution in [3.05, 3.63) is 150 Å². The van der Waals surface area contributed by atoms with Gasteiger partial charge in [-0.15, -0.1) is 0 Å². The van der Waals surface area contributed by atoms with Gasteiger partial charge in [-0.25, -0.2) is 0 Å². The largest absolute Gasteiger partial charge is 0.363 e. The fraction of sp³-hybridized carbons (Fsp3) is 0.216. The first kappa shape index (κ1) is 25.1. The van der Waals surface area contributed by atoms with Crippen molar-refractivity contribution in [1.29, 1.82) is 0 Å². The van der Waals surface area contributed by atoms with Gasteiger partial charge in [0.25, 0.3) is 0 Å². The smallest absolute Gasteiger partial charge is 0.173 e. The van der Waals surface area contributed by atoms with Crippen LogP contribution in [0.2, 0.25) is 0 Å². The van der Waals surface area contributed by atoms with Crippen molar-refractivity contribution in [3.8, 4) is 0 Å². The molecule has 0 saturated carbocycles. The maximum Gasteiger partial charge on any atom is 0.173 e. The van der Waals surface area contributed by atoms with E-state index in [-0.39, 0.29) is 11.2 Å². The minimum absolute atomic E-state index is 0.163. The number of ketones is 1. The zero-order valence-corrected chi connectivity index (χ0v) is 23.0. The summed E-state index contributed by atoms with van der Waals surface area (Å²) in [6.07, 6.45) is 6.68. The SMILES string of the molecule is CCC[C@]1(C)c2ccccc2N(C)[C@]12C=C(c1ccccc1)C=C(c1ccccc1)[C@H]2C(=O)c1ccccc1. The van der Waals surface area contributed by atoms with E-state index in [9.17, 15) is 4.79 Å². The highest BCUT2D eigenvalue weighted by atomic mass is 16.1. The number of nitrogens with zero attached hydrogens (tertiary/aromatic N) is 1. The fourth-order valence-corrected chi connectivity index (χ4v) is 7.26. The summed E-state index contributed by atoms with van der Waals surface area (Å²) >= 11 is 0. The van der Waals surface area contributed by atoms with Crippen LogP contribution in [-0.2, 0) is 5.41 Å². The van der Waals surface area contributed by atoms with Gasteiger partial charge < -0.3 is 4.90 Å². The molecule has 194 valence electrons. The standard InChI is InChI=1S/C37H35NO/c1-4-24-36(2)32-22-14-15-23-33(32)38(3)37(36)26-30(27-16-8-5-9-17-27)25-31(28-18-10-6-11-19-28)34(37)35(39)29-20-12-7-13-21-29/h5-23,25-26,34H,4,24H2,1-3H3/t34-,36+,37-/m0/s1. The van der Waals surface area contributed by atoms with E-state index < -0.39 is 11.5 Å². The molecule has 0 saturated heterocycles. The van der Waals surface area contributed by atoms with Crippen molar-refractivity contribution in [1.82, 2.24) is 0 Å². The predicted molar refractivity (Wildman–Crippen MR) is 163 cm³/mol. The number of rotatable bonds is 6. The molecular formula is C37H35NO. The summed E-state index contributed by atoms with van der Waals surface area (Å²) in [5.74, 6) is -0.236. The number of carbonyl (C=O) groups is 1. The van der Waals surface area contributed by atoms with Gasteiger partial charge >= 0.3 is 0 Å². The lowest BCUT2D eigenvalue weighted by atomic mass is 9.55. The number of likely N-dealkylation sites (N-methyl/N-ethyl adjacent to an activating group) is 1. The molecule has 0 amide bonds. The number of Topliss-reactive ketones (excluding diaryl/α,β-unsaturated/α-hetero) is 1. The van der Waals surface area contributed by atoms with Crippen molar-refractivity contribution in [2.24, 2.45) is 5.92 Å². The fourth-order valence-electron chi connectivity index (χ4n) is 7.26. The van der Waals surface area contributed by atoms with E-state index in [0.29, 0.717) is 0 Å². The van der Waals surface area contributed by atoms with Crippen LogP contribution < -0.4 is 4.90 Å². The Hall–Kier alpha value is -4.17. The first-order valence-electron chi connectivity index (χ1n) is 14.0. The van der Waals surface area contributed by atoms with Gasteiger partial charge in [0.15, 0.2) is 5.78 Å². The second-order valence-corrected chi connectivity index (χ2v) is 11.1. The highest BCUT2D eigenvalue weighted by Gasteiger charge is 2.63. The van der Waals surface area contributed by atoms with Gasteiger partial charge in [-0.1, -0.05) is 129 Å². The monoisotopic (exact) mass is 509 g/mol. The van der Waals surface area contributed by atoms with Crippen LogP contribution in [0.1, 0.15) is 53.7 Å². The van der Waals surface area contributed by atoms with Crippen molar-refractivity contribution < 1.29 is 4.79 Å². The third kappa shape index (κ3) is 3.81. The Morgan fingerprint density at radius 2 is 1.33 bits per heavy atom. The van der Waals surface area contributed by atoms with Gasteiger partial charge in [-0.3, -0.25) is 4.79 Å². The van der Waals surface area contributed by atoms with Crippen LogP contribution in [0, 0.1) is 5.92 Å². The summed E-state index contributed by atoms with van der Waals surface area (Å²) in [4.78, 5) is 17.3. The van der Waals surface area contributed by atoms with Crippen LogP contribution in [0.3, 0.4) is 0 Å². The molecule has 0 radical (unpaired) electrons. The second kappa shape index (κ2) is 9.85. The molecule has 1 heterocycles. The molecule has 4 aromatic rings. The van der Waals surface area contributed by atoms with Gasteiger partial charge in [0, 0.05) is 23.7 Å². The molecular weight excluding hydrogens is 474 g/mol. The summed E-state index contributed by atoms with van der Waals surface area (Å²) in [7, 11) is 2.19. The number of benzene rings is 4. The van der Waals surface area contributed by atoms with Crippen LogP contribution in [0.5, 0.6) is 0 Å². The summed E-state index contributed by atoms with van der Waals surface area (Å²) < 4.78 is 0. The van der Waals surface area contributed by atoms with E-state index in [1.54, 1.807) is 0 Å². The molecule has 0 fully saturated rings. The molecule has 2 aliphatic rings. The van der Waals surface area contributed by atoms with E-state index in [1.807, 2.05) is 36.4 Å². The second-order valence-electron chi connectivity index (χ2n) is 11.1. The summed E-state index contributed by atoms with van der Waals surface area (Å²) in [6, 6.07) is 39.7. The zero-order valence-electron chi connectivity index (χ0n) is 23.0. The van der Waals surface area contributed by atoms with E-state index in [4.69, 9.17) is 0 Å². The van der Waals surface area contributed by atoms with Gasteiger partial charge in [0.2, 0.25) is 0 Å². The van der Waals surface area contributed by atoms with Crippen LogP contribution in [0.4, 0.5) is 5.69 Å². The molecule has 1 aliphatic carbocycles. The van der Waals surface area contributed by atoms with E-state index >= 15 is 0 Å². The topological polar surface area (TPSA) is 20.3 Å². The summed E-state index contributed by atoms with van der Waals surface area (Å²) in [5.41, 5.74) is 6.87. The number of anilines is 1. The molecule has 1 spiro atoms. The Bertz CT molecular complexity index is 1550. The summed E-state index contributed by atoms with van der Waals surface area (Å²) in [5, 5.41) is 0. The normalized spacial score (nSPS) is 23.8. The first-order chi connectivity index (χ1) is 19.0. The lowest BCUT2D eigenvalue weighted by Gasteiger charge is -2.53. The number of carbonyl (C=O) groups excluding carboxylic acids is 1. The molecule has 0 aromatic heterocycles. The van der Waals surface area contributed by atoms with Crippen LogP contribution in [0.15, 0.2) is 127 Å². The van der Waals surface area contributed by atoms with Crippen molar-refractivity contribution in [2.45, 2.75) is 37.6 Å². The van der Waals surface area contributed by atoms with E-state index in [1.165, 1.54) is 16.8 Å². The molecule has 2 heteroatoms. The number of allylic oxidation sites excluding steroid dienone is 2. The molecule has 6 rings (SSSR count). The third-order valence-corrected chi connectivity index (χ3v) is 9.02. The molecule has 0 bridgehead atoms. The Kier molecular flexibility index (Phi) is 6.35. The average molecular weight is 510 g/mol. The van der Waals surface area contributed by atoms with Gasteiger partial charge in [-0.05, 0) is 52.5 Å². The van der Waals surface area contributed by atoms with Crippen LogP contribution in [0.25, 0.3) is 11.1 Å². The maximum atomic E-state index is 14.9. The van der Waals surface area contributed by atoms with Crippen LogP contribution in [-0.4, -0.2) is 18.4 Å². The minimum atomic E-state index is -0.606. The number of para-hydroxylation sites is 1. The molecule has 2 nitrogen and oxygen atoms in total. The van der Waals surface area contributed by atoms with Gasteiger partial charge in [0.1, 0.15) is 0 Å².